The van der Waals surface area contributed by atoms with E-state index in [9.17, 15) is 4.79 Å². The van der Waals surface area contributed by atoms with Gasteiger partial charge in [-0.1, -0.05) is 27.7 Å². The van der Waals surface area contributed by atoms with Gasteiger partial charge >= 0.3 is 0 Å². The Kier molecular flexibility index (Phi) is 8.38. The van der Waals surface area contributed by atoms with E-state index < -0.39 is 0 Å². The lowest BCUT2D eigenvalue weighted by atomic mass is 10.3. The Morgan fingerprint density at radius 3 is 2.13 bits per heavy atom. The molecule has 0 aromatic carbocycles. The molecule has 0 rings (SSSR count). The molecule has 0 fully saturated rings. The van der Waals surface area contributed by atoms with Gasteiger partial charge in [0.1, 0.15) is 0 Å². The molecule has 0 radical (unpaired) electrons. The Morgan fingerprint density at radius 1 is 1.20 bits per heavy atom. The second-order valence-corrected chi connectivity index (χ2v) is 4.24. The average Bonchev–Trinajstić information content (AvgIpc) is 2.16. The van der Waals surface area contributed by atoms with E-state index in [0.717, 1.165) is 32.5 Å². The lowest BCUT2D eigenvalue weighted by Gasteiger charge is -2.21. The minimum Gasteiger partial charge on any atom is -0.343 e. The molecule has 1 N–H and O–H groups in total. The molecule has 15 heavy (non-hydrogen) atoms. The van der Waals surface area contributed by atoms with Crippen LogP contribution in [0.2, 0.25) is 0 Å². The van der Waals surface area contributed by atoms with Crippen LogP contribution in [0.15, 0.2) is 0 Å². The van der Waals surface area contributed by atoms with E-state index in [1.54, 1.807) is 0 Å². The summed E-state index contributed by atoms with van der Waals surface area (Å²) in [4.78, 5) is 13.8. The highest BCUT2D eigenvalue weighted by Crippen LogP contribution is 1.98. The van der Waals surface area contributed by atoms with Crippen LogP contribution in [-0.2, 0) is 4.79 Å². The molecule has 90 valence electrons. The number of amides is 1. The molecule has 3 heteroatoms. The van der Waals surface area contributed by atoms with Crippen LogP contribution in [0.1, 0.15) is 47.0 Å². The van der Waals surface area contributed by atoms with Gasteiger partial charge in [0.15, 0.2) is 0 Å². The molecule has 3 nitrogen and oxygen atoms in total. The predicted molar refractivity (Wildman–Crippen MR) is 64.9 cm³/mol. The number of nitrogens with one attached hydrogen (secondary N) is 1. The minimum absolute atomic E-state index is 0.284. The van der Waals surface area contributed by atoms with Crippen molar-refractivity contribution < 1.29 is 4.79 Å². The Labute approximate surface area is 94.2 Å². The molecule has 0 aliphatic carbocycles. The van der Waals surface area contributed by atoms with E-state index in [0.29, 0.717) is 12.5 Å². The van der Waals surface area contributed by atoms with Gasteiger partial charge in [-0.2, -0.15) is 0 Å². The van der Waals surface area contributed by atoms with Crippen LogP contribution in [0.3, 0.4) is 0 Å². The molecular weight excluding hydrogens is 188 g/mol. The average molecular weight is 214 g/mol. The summed E-state index contributed by atoms with van der Waals surface area (Å²) in [7, 11) is 0. The maximum atomic E-state index is 11.8. The third-order valence-electron chi connectivity index (χ3n) is 2.23. The van der Waals surface area contributed by atoms with Crippen LogP contribution in [0.5, 0.6) is 0 Å². The lowest BCUT2D eigenvalue weighted by molar-refractivity contribution is -0.131. The molecule has 0 unspecified atom stereocenters. The van der Waals surface area contributed by atoms with Gasteiger partial charge in [-0.25, -0.2) is 0 Å². The van der Waals surface area contributed by atoms with Crippen LogP contribution in [0.4, 0.5) is 0 Å². The Hall–Kier alpha value is -0.570. The molecule has 0 heterocycles. The summed E-state index contributed by atoms with van der Waals surface area (Å²) in [6.45, 7) is 11.0. The number of rotatable bonds is 8. The third kappa shape index (κ3) is 7.37. The van der Waals surface area contributed by atoms with Gasteiger partial charge in [0, 0.05) is 32.1 Å². The van der Waals surface area contributed by atoms with E-state index in [1.165, 1.54) is 0 Å². The second kappa shape index (κ2) is 8.72. The minimum atomic E-state index is 0.284. The first-order valence-corrected chi connectivity index (χ1v) is 6.12. The summed E-state index contributed by atoms with van der Waals surface area (Å²) in [5.74, 6) is 0.284. The SMILES string of the molecule is CCCN(CCC)C(=O)CCNC(C)C. The van der Waals surface area contributed by atoms with Gasteiger partial charge in [-0.3, -0.25) is 4.79 Å². The fraction of sp³-hybridized carbons (Fsp3) is 0.917. The van der Waals surface area contributed by atoms with E-state index in [4.69, 9.17) is 0 Å². The van der Waals surface area contributed by atoms with E-state index >= 15 is 0 Å². The van der Waals surface area contributed by atoms with Gasteiger partial charge in [-0.15, -0.1) is 0 Å². The zero-order valence-corrected chi connectivity index (χ0v) is 10.7. The van der Waals surface area contributed by atoms with Gasteiger partial charge in [0.2, 0.25) is 5.91 Å². The highest BCUT2D eigenvalue weighted by molar-refractivity contribution is 5.76. The highest BCUT2D eigenvalue weighted by Gasteiger charge is 2.10. The Bertz CT molecular complexity index is 163. The van der Waals surface area contributed by atoms with Gasteiger partial charge < -0.3 is 10.2 Å². The van der Waals surface area contributed by atoms with Crippen molar-refractivity contribution in [2.75, 3.05) is 19.6 Å². The molecule has 1 amide bonds. The van der Waals surface area contributed by atoms with Gasteiger partial charge in [-0.05, 0) is 12.8 Å². The summed E-state index contributed by atoms with van der Waals surface area (Å²) < 4.78 is 0. The number of carbonyl (C=O) groups is 1. The van der Waals surface area contributed by atoms with Gasteiger partial charge in [0.25, 0.3) is 0 Å². The van der Waals surface area contributed by atoms with Crippen LogP contribution < -0.4 is 5.32 Å². The van der Waals surface area contributed by atoms with Gasteiger partial charge in [0.05, 0.1) is 0 Å². The van der Waals surface area contributed by atoms with Crippen LogP contribution in [0, 0.1) is 0 Å². The molecule has 0 spiro atoms. The van der Waals surface area contributed by atoms with E-state index in [-0.39, 0.29) is 5.91 Å². The summed E-state index contributed by atoms with van der Waals surface area (Å²) in [6, 6.07) is 0.462. The summed E-state index contributed by atoms with van der Waals surface area (Å²) in [6.07, 6.45) is 2.71. The van der Waals surface area contributed by atoms with Crippen molar-refractivity contribution in [1.82, 2.24) is 10.2 Å². The molecule has 0 aliphatic heterocycles. The number of nitrogens with zero attached hydrogens (tertiary/aromatic N) is 1. The molecule has 0 saturated heterocycles. The van der Waals surface area contributed by atoms with Crippen molar-refractivity contribution in [3.05, 3.63) is 0 Å². The number of hydrogen-bond acceptors (Lipinski definition) is 2. The van der Waals surface area contributed by atoms with Crippen molar-refractivity contribution in [1.29, 1.82) is 0 Å². The first kappa shape index (κ1) is 14.4. The number of carbonyl (C=O) groups excluding carboxylic acids is 1. The fourth-order valence-corrected chi connectivity index (χ4v) is 1.53. The first-order chi connectivity index (χ1) is 7.11. The van der Waals surface area contributed by atoms with Crippen LogP contribution in [0.25, 0.3) is 0 Å². The van der Waals surface area contributed by atoms with Crippen LogP contribution in [-0.4, -0.2) is 36.5 Å². The normalized spacial score (nSPS) is 10.7. The molecule has 0 atom stereocenters. The maximum Gasteiger partial charge on any atom is 0.223 e. The maximum absolute atomic E-state index is 11.8. The third-order valence-corrected chi connectivity index (χ3v) is 2.23. The standard InChI is InChI=1S/C12H26N2O/c1-5-9-14(10-6-2)12(15)7-8-13-11(3)4/h11,13H,5-10H2,1-4H3. The van der Waals surface area contributed by atoms with Crippen molar-refractivity contribution in [2.45, 2.75) is 53.0 Å². The largest absolute Gasteiger partial charge is 0.343 e. The molecule has 0 aliphatic rings. The topological polar surface area (TPSA) is 32.3 Å². The lowest BCUT2D eigenvalue weighted by Crippen LogP contribution is -2.35. The summed E-state index contributed by atoms with van der Waals surface area (Å²) >= 11 is 0. The quantitative estimate of drug-likeness (QED) is 0.670. The smallest absolute Gasteiger partial charge is 0.223 e. The van der Waals surface area contributed by atoms with Crippen molar-refractivity contribution in [2.24, 2.45) is 0 Å². The predicted octanol–water partition coefficient (Wildman–Crippen LogP) is 2.02. The first-order valence-electron chi connectivity index (χ1n) is 6.12. The van der Waals surface area contributed by atoms with Crippen molar-refractivity contribution in [3.8, 4) is 0 Å². The Morgan fingerprint density at radius 2 is 1.73 bits per heavy atom. The Balaban J connectivity index is 3.80. The van der Waals surface area contributed by atoms with Crippen molar-refractivity contribution in [3.63, 3.8) is 0 Å². The molecule has 0 aromatic heterocycles. The summed E-state index contributed by atoms with van der Waals surface area (Å²) in [5, 5.41) is 3.27. The molecule has 0 bridgehead atoms. The molecule has 0 aromatic rings. The monoisotopic (exact) mass is 214 g/mol. The second-order valence-electron chi connectivity index (χ2n) is 4.24. The van der Waals surface area contributed by atoms with Crippen LogP contribution >= 0.6 is 0 Å². The fourth-order valence-electron chi connectivity index (χ4n) is 1.53. The summed E-state index contributed by atoms with van der Waals surface area (Å²) in [5.41, 5.74) is 0. The van der Waals surface area contributed by atoms with E-state index in [1.807, 2.05) is 4.90 Å². The van der Waals surface area contributed by atoms with E-state index in [2.05, 4.69) is 33.0 Å². The molecular formula is C12H26N2O. The zero-order valence-electron chi connectivity index (χ0n) is 10.7. The molecule has 0 saturated carbocycles. The number of hydrogen-bond donors (Lipinski definition) is 1. The zero-order chi connectivity index (χ0) is 11.7. The van der Waals surface area contributed by atoms with Crippen molar-refractivity contribution >= 4 is 5.91 Å². The highest BCUT2D eigenvalue weighted by atomic mass is 16.2.